The maximum atomic E-state index is 2.41. The molecule has 141 heavy (non-hydrogen) atoms. The highest BCUT2D eigenvalue weighted by Crippen LogP contribution is 2.60. The fourth-order valence-electron chi connectivity index (χ4n) is 24.9. The molecule has 0 heterocycles. The molecule has 0 bridgehead atoms. The molecule has 0 fully saturated rings. The summed E-state index contributed by atoms with van der Waals surface area (Å²) in [6.45, 7) is 4.68. The Bertz CT molecular complexity index is 9990. The second-order valence-corrected chi connectivity index (χ2v) is 39.4. The fourth-order valence-corrected chi connectivity index (χ4v) is 24.9. The zero-order valence-corrected chi connectivity index (χ0v) is 77.8. The summed E-state index contributed by atoms with van der Waals surface area (Å²) in [5, 5.41) is 31.4. The molecule has 0 saturated carbocycles. The summed E-state index contributed by atoms with van der Waals surface area (Å²) in [7, 11) is 0. The van der Waals surface area contributed by atoms with Gasteiger partial charge in [-0.25, -0.2) is 0 Å². The molecule has 0 unspecified atom stereocenters. The SMILES string of the molecule is CC1(C)c2ccccc2-c2cc(-c3ccc(-c4ccc5c6c(cc7ccccc7c46)-c4ccc6ccccc6c4-5)cc3)ccc21.c1ccc(-c2ccc3c(-c4cccc(-c5ccc6c7c(cccc57)-c5c-6c6ccccc6c6ccccc56)c4)cccc3c2)cc1.c1ccc(-c2ccc3cc(-c4ccc5cc(-c6ccc7c8c(cc9ccccc9c68)-c6ccc8ccccc8c6-7)ccc5c4)ccc3c2)cc1. The Morgan fingerprint density at radius 1 is 0.113 bits per heavy atom. The predicted molar refractivity (Wildman–Crippen MR) is 604 cm³/mol. The zero-order valence-electron chi connectivity index (χ0n) is 77.8. The van der Waals surface area contributed by atoms with Gasteiger partial charge in [-0.1, -0.05) is 457 Å². The largest absolute Gasteiger partial charge is 0.0622 e. The second-order valence-electron chi connectivity index (χ2n) is 39.4. The van der Waals surface area contributed by atoms with Crippen LogP contribution in [0.3, 0.4) is 0 Å². The summed E-state index contributed by atoms with van der Waals surface area (Å²) < 4.78 is 0. The average Bonchev–Trinajstić information content (AvgIpc) is 1.53. The summed E-state index contributed by atoms with van der Waals surface area (Å²) in [6.07, 6.45) is 0. The van der Waals surface area contributed by atoms with E-state index in [0.29, 0.717) is 0 Å². The van der Waals surface area contributed by atoms with E-state index in [-0.39, 0.29) is 5.41 Å². The van der Waals surface area contributed by atoms with Gasteiger partial charge in [-0.05, 0) is 362 Å². The molecule has 31 rings (SSSR count). The summed E-state index contributed by atoms with van der Waals surface area (Å²) in [5.74, 6) is 0. The first-order chi connectivity index (χ1) is 69.7. The molecular weight excluding hydrogens is 1690 g/mol. The van der Waals surface area contributed by atoms with Crippen LogP contribution in [-0.4, -0.2) is 0 Å². The number of hydrogen-bond donors (Lipinski definition) is 0. The quantitative estimate of drug-likeness (QED) is 0.133. The Morgan fingerprint density at radius 2 is 0.426 bits per heavy atom. The normalized spacial score (nSPS) is 12.5. The highest BCUT2D eigenvalue weighted by atomic mass is 14.4. The van der Waals surface area contributed by atoms with E-state index in [1.165, 1.54) is 307 Å². The minimum absolute atomic E-state index is 0.0266. The van der Waals surface area contributed by atoms with E-state index in [4.69, 9.17) is 0 Å². The molecule has 0 N–H and O–H groups in total. The van der Waals surface area contributed by atoms with Crippen LogP contribution in [0.2, 0.25) is 0 Å². The molecule has 0 saturated heterocycles. The molecule has 0 nitrogen and oxygen atoms in total. The third-order valence-electron chi connectivity index (χ3n) is 31.5. The second kappa shape index (κ2) is 31.6. The highest BCUT2D eigenvalue weighted by molar-refractivity contribution is 6.34. The predicted octanol–water partition coefficient (Wildman–Crippen LogP) is 39.5. The summed E-state index contributed by atoms with van der Waals surface area (Å²) in [4.78, 5) is 0. The molecule has 0 heteroatoms. The molecule has 0 amide bonds. The molecule has 4 aliphatic rings. The van der Waals surface area contributed by atoms with Gasteiger partial charge < -0.3 is 0 Å². The minimum atomic E-state index is 0.0266. The minimum Gasteiger partial charge on any atom is -0.0622 e. The monoisotopic (exact) mass is 1780 g/mol. The van der Waals surface area contributed by atoms with Crippen LogP contribution in [-0.2, 0) is 5.41 Å². The topological polar surface area (TPSA) is 0 Å². The Labute approximate surface area is 817 Å². The molecule has 4 aliphatic carbocycles. The molecule has 0 atom stereocenters. The summed E-state index contributed by atoms with van der Waals surface area (Å²) in [6, 6.07) is 185. The Balaban J connectivity index is 0.000000101. The van der Waals surface area contributed by atoms with Crippen molar-refractivity contribution in [1.29, 1.82) is 0 Å². The standard InChI is InChI=1S/C50H30.C46H28.C45H30/c1-2-8-31(9-3-1)33-14-15-35-27-36(17-16-34(35)26-33)37-18-19-39-29-41(21-20-38(39)28-37)44-24-25-46-48-42-12-6-4-10-32(42)22-23-45(48)47-30-40-11-5-7-13-43(40)49(44)50(46)47;1-2-11-29(12-3-1)30-23-24-35-31(27-30)15-9-20-34(35)32-13-8-14-33(28-32)36-25-26-43-44-39(36)21-10-22-42(44)45-40-18-6-4-16-37(40)38-17-5-7-19-41(38)46(43)45;1-45(2)40-14-8-7-13-35(40)38-25-30(20-24-41(38)45)27-15-17-29(18-16-27)34-22-23-37-42-32-11-5-3-9-28(32)19-21-36(42)39-26-31-10-4-6-12-33(31)43(34)44(37)39/h1-30H;1-28H;3-26H,1-2H3. The Hall–Kier alpha value is -17.9. The van der Waals surface area contributed by atoms with E-state index in [9.17, 15) is 0 Å². The number of fused-ring (bicyclic) bond motifs is 28. The zero-order chi connectivity index (χ0) is 92.8. The molecular formula is C141H88. The lowest BCUT2D eigenvalue weighted by molar-refractivity contribution is 0.660. The molecule has 0 aliphatic heterocycles. The van der Waals surface area contributed by atoms with Gasteiger partial charge in [0.15, 0.2) is 0 Å². The van der Waals surface area contributed by atoms with Crippen LogP contribution in [0.25, 0.3) is 296 Å². The first-order valence-electron chi connectivity index (χ1n) is 49.4. The van der Waals surface area contributed by atoms with E-state index in [0.717, 1.165) is 0 Å². The van der Waals surface area contributed by atoms with Crippen LogP contribution in [0, 0.1) is 0 Å². The van der Waals surface area contributed by atoms with Crippen molar-refractivity contribution in [2.24, 2.45) is 0 Å². The van der Waals surface area contributed by atoms with Crippen LogP contribution in [0.5, 0.6) is 0 Å². The lowest BCUT2D eigenvalue weighted by Gasteiger charge is -2.21. The van der Waals surface area contributed by atoms with Crippen molar-refractivity contribution in [3.8, 4) is 167 Å². The molecule has 27 aromatic rings. The Kier molecular flexibility index (Phi) is 18.0. The Morgan fingerprint density at radius 3 is 0.993 bits per heavy atom. The molecule has 0 spiro atoms. The molecule has 0 radical (unpaired) electrons. The van der Waals surface area contributed by atoms with Crippen molar-refractivity contribution in [3.63, 3.8) is 0 Å². The van der Waals surface area contributed by atoms with Gasteiger partial charge in [0.25, 0.3) is 0 Å². The van der Waals surface area contributed by atoms with Gasteiger partial charge in [0, 0.05) is 5.41 Å². The summed E-state index contributed by atoms with van der Waals surface area (Å²) >= 11 is 0. The fraction of sp³-hybridized carbons (Fsp3) is 0.0213. The number of benzene rings is 27. The van der Waals surface area contributed by atoms with Gasteiger partial charge in [0.2, 0.25) is 0 Å². The average molecular weight is 1780 g/mol. The van der Waals surface area contributed by atoms with Gasteiger partial charge in [-0.3, -0.25) is 0 Å². The van der Waals surface area contributed by atoms with Crippen LogP contribution >= 0.6 is 0 Å². The van der Waals surface area contributed by atoms with Crippen molar-refractivity contribution in [3.05, 3.63) is 509 Å². The van der Waals surface area contributed by atoms with Gasteiger partial charge in [0.1, 0.15) is 0 Å². The maximum Gasteiger partial charge on any atom is 0.0158 e. The van der Waals surface area contributed by atoms with Crippen LogP contribution in [0.15, 0.2) is 497 Å². The van der Waals surface area contributed by atoms with Gasteiger partial charge in [-0.15, -0.1) is 0 Å². The first-order valence-corrected chi connectivity index (χ1v) is 49.4. The van der Waals surface area contributed by atoms with Crippen molar-refractivity contribution in [2.75, 3.05) is 0 Å². The van der Waals surface area contributed by atoms with Crippen molar-refractivity contribution in [2.45, 2.75) is 19.3 Å². The van der Waals surface area contributed by atoms with Crippen molar-refractivity contribution in [1.82, 2.24) is 0 Å². The van der Waals surface area contributed by atoms with Gasteiger partial charge in [-0.2, -0.15) is 0 Å². The van der Waals surface area contributed by atoms with Gasteiger partial charge in [0.05, 0.1) is 0 Å². The third kappa shape index (κ3) is 12.6. The van der Waals surface area contributed by atoms with Crippen LogP contribution in [0.4, 0.5) is 0 Å². The van der Waals surface area contributed by atoms with E-state index in [1.807, 2.05) is 0 Å². The molecule has 0 aromatic heterocycles. The van der Waals surface area contributed by atoms with Crippen LogP contribution < -0.4 is 0 Å². The van der Waals surface area contributed by atoms with Gasteiger partial charge >= 0.3 is 0 Å². The maximum absolute atomic E-state index is 2.41. The highest BCUT2D eigenvalue weighted by Gasteiger charge is 2.37. The number of rotatable bonds is 8. The van der Waals surface area contributed by atoms with Crippen LogP contribution in [0.1, 0.15) is 25.0 Å². The first kappa shape index (κ1) is 80.3. The lowest BCUT2D eigenvalue weighted by atomic mass is 9.82. The van der Waals surface area contributed by atoms with E-state index in [2.05, 4.69) is 511 Å². The van der Waals surface area contributed by atoms with E-state index >= 15 is 0 Å². The lowest BCUT2D eigenvalue weighted by Crippen LogP contribution is -2.14. The summed E-state index contributed by atoms with van der Waals surface area (Å²) in [5.41, 5.74) is 41.8. The molecule has 652 valence electrons. The van der Waals surface area contributed by atoms with Crippen molar-refractivity contribution < 1.29 is 0 Å². The third-order valence-corrected chi connectivity index (χ3v) is 31.5. The van der Waals surface area contributed by atoms with E-state index in [1.54, 1.807) is 0 Å². The number of hydrogen-bond acceptors (Lipinski definition) is 0. The molecule has 27 aromatic carbocycles. The van der Waals surface area contributed by atoms with Crippen molar-refractivity contribution >= 4 is 129 Å². The smallest absolute Gasteiger partial charge is 0.0158 e. The van der Waals surface area contributed by atoms with E-state index < -0.39 is 0 Å².